The summed E-state index contributed by atoms with van der Waals surface area (Å²) in [7, 11) is 4.10. The number of halogens is 3. The Labute approximate surface area is 178 Å². The maximum Gasteiger partial charge on any atom is 0.227 e. The monoisotopic (exact) mass is 463 g/mol. The van der Waals surface area contributed by atoms with Gasteiger partial charge in [-0.1, -0.05) is 24.3 Å². The predicted molar refractivity (Wildman–Crippen MR) is 114 cm³/mol. The number of hydrogen-bond acceptors (Lipinski definition) is 4. The van der Waals surface area contributed by atoms with E-state index in [0.717, 1.165) is 12.6 Å². The molecule has 7 heteroatoms. The van der Waals surface area contributed by atoms with E-state index in [0.29, 0.717) is 16.9 Å². The van der Waals surface area contributed by atoms with Crippen LogP contribution in [-0.2, 0) is 24.4 Å². The van der Waals surface area contributed by atoms with Gasteiger partial charge in [0.25, 0.3) is 0 Å². The largest absolute Gasteiger partial charge is 0.472 e. The normalized spacial score (nSPS) is 16.7. The molecule has 2 aromatic carbocycles. The van der Waals surface area contributed by atoms with E-state index in [4.69, 9.17) is 4.74 Å². The van der Waals surface area contributed by atoms with E-state index in [-0.39, 0.29) is 18.3 Å². The van der Waals surface area contributed by atoms with Gasteiger partial charge < -0.3 is 14.5 Å². The second kappa shape index (κ2) is 9.50. The van der Waals surface area contributed by atoms with Crippen LogP contribution in [0.25, 0.3) is 0 Å². The Balaban J connectivity index is 1.65. The van der Waals surface area contributed by atoms with Gasteiger partial charge in [-0.2, -0.15) is 0 Å². The second-order valence-corrected chi connectivity index (χ2v) is 8.15. The lowest BCUT2D eigenvalue weighted by molar-refractivity contribution is 0.250. The van der Waals surface area contributed by atoms with E-state index in [1.165, 1.54) is 23.3 Å². The number of aliphatic imine (C=N–C) groups is 1. The summed E-state index contributed by atoms with van der Waals surface area (Å²) in [4.78, 5) is 8.81. The molecule has 0 aromatic heterocycles. The zero-order chi connectivity index (χ0) is 21.0. The molecular weight excluding hydrogens is 440 g/mol. The fourth-order valence-electron chi connectivity index (χ4n) is 3.09. The van der Waals surface area contributed by atoms with Crippen molar-refractivity contribution in [2.24, 2.45) is 4.99 Å². The predicted octanol–water partition coefficient (Wildman–Crippen LogP) is 5.04. The number of rotatable bonds is 6. The maximum absolute atomic E-state index is 13.8. The van der Waals surface area contributed by atoms with Crippen molar-refractivity contribution >= 4 is 21.8 Å². The molecule has 1 heterocycles. The first-order chi connectivity index (χ1) is 13.8. The van der Waals surface area contributed by atoms with Crippen molar-refractivity contribution in [2.75, 3.05) is 14.1 Å². The van der Waals surface area contributed by atoms with Gasteiger partial charge in [-0.25, -0.2) is 13.8 Å². The van der Waals surface area contributed by atoms with Crippen molar-refractivity contribution in [3.05, 3.63) is 81.5 Å². The molecule has 154 valence electrons. The molecule has 2 aromatic rings. The summed E-state index contributed by atoms with van der Waals surface area (Å²) in [5.41, 5.74) is 2.73. The molecule has 4 nitrogen and oxygen atoms in total. The van der Waals surface area contributed by atoms with Crippen LogP contribution in [0.5, 0.6) is 0 Å². The van der Waals surface area contributed by atoms with E-state index < -0.39 is 11.6 Å². The lowest BCUT2D eigenvalue weighted by Gasteiger charge is -2.30. The highest BCUT2D eigenvalue weighted by atomic mass is 79.9. The Morgan fingerprint density at radius 2 is 1.90 bits per heavy atom. The second-order valence-electron chi connectivity index (χ2n) is 7.30. The van der Waals surface area contributed by atoms with Crippen molar-refractivity contribution in [2.45, 2.75) is 32.8 Å². The summed E-state index contributed by atoms with van der Waals surface area (Å²) in [5.74, 6) is -0.839. The first-order valence-electron chi connectivity index (χ1n) is 9.32. The topological polar surface area (TPSA) is 28.1 Å². The van der Waals surface area contributed by atoms with E-state index in [9.17, 15) is 8.78 Å². The zero-order valence-corrected chi connectivity index (χ0v) is 18.3. The molecule has 0 radical (unpaired) electrons. The molecule has 3 rings (SSSR count). The van der Waals surface area contributed by atoms with Gasteiger partial charge in [0.05, 0.1) is 4.48 Å². The van der Waals surface area contributed by atoms with Gasteiger partial charge in [-0.05, 0) is 60.2 Å². The summed E-state index contributed by atoms with van der Waals surface area (Å²) in [6.45, 7) is 3.55. The van der Waals surface area contributed by atoms with Crippen LogP contribution in [0.1, 0.15) is 23.6 Å². The lowest BCUT2D eigenvalue weighted by atomic mass is 10.1. The fraction of sp³-hybridized carbons (Fsp3) is 0.318. The molecule has 0 bridgehead atoms. The third-order valence-corrected chi connectivity index (χ3v) is 5.05. The summed E-state index contributed by atoms with van der Waals surface area (Å²) in [6.07, 6.45) is 1.80. The number of ether oxygens (including phenoxy) is 1. The Morgan fingerprint density at radius 3 is 2.62 bits per heavy atom. The molecule has 0 amide bonds. The van der Waals surface area contributed by atoms with Gasteiger partial charge >= 0.3 is 0 Å². The first kappa shape index (κ1) is 21.5. The van der Waals surface area contributed by atoms with Gasteiger partial charge in [0.1, 0.15) is 24.4 Å². The molecule has 0 saturated carbocycles. The third kappa shape index (κ3) is 5.87. The van der Waals surface area contributed by atoms with Crippen LogP contribution in [0.3, 0.4) is 0 Å². The summed E-state index contributed by atoms with van der Waals surface area (Å²) >= 11 is 3.49. The summed E-state index contributed by atoms with van der Waals surface area (Å²) < 4.78 is 33.2. The molecule has 0 N–H and O–H groups in total. The van der Waals surface area contributed by atoms with Crippen LogP contribution in [0.2, 0.25) is 0 Å². The van der Waals surface area contributed by atoms with Crippen molar-refractivity contribution in [1.82, 2.24) is 9.80 Å². The molecule has 0 saturated heterocycles. The van der Waals surface area contributed by atoms with E-state index in [1.807, 2.05) is 27.2 Å². The van der Waals surface area contributed by atoms with E-state index in [2.05, 4.69) is 55.0 Å². The molecule has 0 spiro atoms. The highest BCUT2D eigenvalue weighted by molar-refractivity contribution is 9.12. The zero-order valence-electron chi connectivity index (χ0n) is 16.7. The van der Waals surface area contributed by atoms with Crippen LogP contribution in [-0.4, -0.2) is 36.0 Å². The van der Waals surface area contributed by atoms with Crippen LogP contribution in [0.4, 0.5) is 8.78 Å². The van der Waals surface area contributed by atoms with Gasteiger partial charge in [-0.15, -0.1) is 0 Å². The summed E-state index contributed by atoms with van der Waals surface area (Å²) in [5, 5.41) is 0. The minimum Gasteiger partial charge on any atom is -0.472 e. The standard InChI is InChI=1S/C22H24BrF2N3O/c1-15-26-22(29-14-18-7-8-19(24)10-21(18)25)20(23)13-28(15)12-17-6-4-5-16(9-17)11-27(2)3/h4-10,13,15H,11-12,14H2,1-3H3. The molecule has 1 aliphatic heterocycles. The average molecular weight is 464 g/mol. The van der Waals surface area contributed by atoms with E-state index >= 15 is 0 Å². The lowest BCUT2D eigenvalue weighted by Crippen LogP contribution is -2.32. The van der Waals surface area contributed by atoms with Crippen molar-refractivity contribution in [3.8, 4) is 0 Å². The fourth-order valence-corrected chi connectivity index (χ4v) is 3.57. The molecular formula is C22H24BrF2N3O. The van der Waals surface area contributed by atoms with Crippen molar-refractivity contribution in [3.63, 3.8) is 0 Å². The highest BCUT2D eigenvalue weighted by Crippen LogP contribution is 2.23. The summed E-state index contributed by atoms with van der Waals surface area (Å²) in [6, 6.07) is 11.9. The number of benzene rings is 2. The molecule has 1 aliphatic rings. The van der Waals surface area contributed by atoms with Crippen LogP contribution < -0.4 is 0 Å². The molecule has 0 aliphatic carbocycles. The molecule has 29 heavy (non-hydrogen) atoms. The van der Waals surface area contributed by atoms with Crippen LogP contribution in [0, 0.1) is 11.6 Å². The quantitative estimate of drug-likeness (QED) is 0.600. The van der Waals surface area contributed by atoms with Crippen molar-refractivity contribution in [1.29, 1.82) is 0 Å². The minimum atomic E-state index is -0.631. The molecule has 1 unspecified atom stereocenters. The number of nitrogens with zero attached hydrogens (tertiary/aromatic N) is 3. The smallest absolute Gasteiger partial charge is 0.227 e. The van der Waals surface area contributed by atoms with Crippen molar-refractivity contribution < 1.29 is 13.5 Å². The first-order valence-corrected chi connectivity index (χ1v) is 10.1. The minimum absolute atomic E-state index is 0.0206. The Kier molecular flexibility index (Phi) is 7.03. The van der Waals surface area contributed by atoms with Crippen LogP contribution >= 0.6 is 15.9 Å². The van der Waals surface area contributed by atoms with E-state index in [1.54, 1.807) is 0 Å². The third-order valence-electron chi connectivity index (χ3n) is 4.50. The average Bonchev–Trinajstić information content (AvgIpc) is 2.64. The molecule has 0 fully saturated rings. The SMILES string of the molecule is CC1N=C(OCc2ccc(F)cc2F)C(Br)=CN1Cc1cccc(CN(C)C)c1. The Morgan fingerprint density at radius 1 is 1.14 bits per heavy atom. The Bertz CT molecular complexity index is 930. The van der Waals surface area contributed by atoms with Gasteiger partial charge in [0.15, 0.2) is 0 Å². The van der Waals surface area contributed by atoms with Gasteiger partial charge in [0, 0.05) is 30.9 Å². The Hall–Kier alpha value is -2.25. The highest BCUT2D eigenvalue weighted by Gasteiger charge is 2.21. The molecule has 1 atom stereocenters. The maximum atomic E-state index is 13.8. The van der Waals surface area contributed by atoms with Gasteiger partial charge in [-0.3, -0.25) is 0 Å². The number of hydrogen-bond donors (Lipinski definition) is 0. The van der Waals surface area contributed by atoms with Gasteiger partial charge in [0.2, 0.25) is 5.90 Å². The van der Waals surface area contributed by atoms with Crippen LogP contribution in [0.15, 0.2) is 58.1 Å².